The average Bonchev–Trinajstić information content (AvgIpc) is 1.79. The number of carboxylic acid groups (broad SMARTS) is 4. The molecule has 4 aliphatic rings. The van der Waals surface area contributed by atoms with Gasteiger partial charge in [-0.15, -0.1) is 45.3 Å². The van der Waals surface area contributed by atoms with E-state index in [4.69, 9.17) is 51.1 Å². The maximum atomic E-state index is 12.6. The van der Waals surface area contributed by atoms with Gasteiger partial charge >= 0.3 is 23.9 Å². The zero-order valence-electron chi connectivity index (χ0n) is 47.7. The van der Waals surface area contributed by atoms with Crippen molar-refractivity contribution in [3.05, 3.63) is 158 Å². The number of aromatic carboxylic acids is 4. The van der Waals surface area contributed by atoms with Crippen LogP contribution in [-0.4, -0.2) is 81.1 Å². The molecule has 0 spiro atoms. The fourth-order valence-corrected chi connectivity index (χ4v) is 15.1. The highest BCUT2D eigenvalue weighted by Gasteiger charge is 2.35. The molecule has 2 unspecified atom stereocenters. The van der Waals surface area contributed by atoms with Gasteiger partial charge in [0.05, 0.1) is 16.1 Å². The second-order valence-electron chi connectivity index (χ2n) is 21.4. The largest absolute Gasteiger partial charge is 0.478 e. The second-order valence-corrected chi connectivity index (χ2v) is 28.3. The van der Waals surface area contributed by atoms with Crippen LogP contribution in [0.4, 0.5) is 20.0 Å². The summed E-state index contributed by atoms with van der Waals surface area (Å²) in [5, 5.41) is 59.2. The van der Waals surface area contributed by atoms with E-state index in [1.54, 1.807) is 65.0 Å². The molecular weight excluding hydrogens is 1460 g/mol. The highest BCUT2D eigenvalue weighted by Crippen LogP contribution is 2.44. The van der Waals surface area contributed by atoms with Gasteiger partial charge in [0.2, 0.25) is 23.6 Å². The van der Waals surface area contributed by atoms with Crippen LogP contribution in [0.25, 0.3) is 44.5 Å². The predicted molar refractivity (Wildman–Crippen MR) is 368 cm³/mol. The lowest BCUT2D eigenvalue weighted by Gasteiger charge is -2.27. The number of anilines is 4. The quantitative estimate of drug-likeness (QED) is 0.0422. The topological polar surface area (TPSA) is 275 Å². The van der Waals surface area contributed by atoms with Crippen molar-refractivity contribution in [3.63, 3.8) is 0 Å². The first-order chi connectivity index (χ1) is 43.5. The molecule has 4 saturated carbocycles. The number of nitrogens with one attached hydrogen (secondary N) is 4. The molecule has 4 fully saturated rings. The Bertz CT molecular complexity index is 4100. The minimum Gasteiger partial charge on any atom is -0.478 e. The Hall–Kier alpha value is -6.48. The molecule has 4 heterocycles. The summed E-state index contributed by atoms with van der Waals surface area (Å²) in [6, 6.07) is 24.7. The number of hydrogen-bond acceptors (Lipinski definition) is 13. The molecule has 4 aliphatic carbocycles. The van der Waals surface area contributed by atoms with E-state index < -0.39 is 23.9 Å². The van der Waals surface area contributed by atoms with Gasteiger partial charge in [0.25, 0.3) is 0 Å². The van der Waals surface area contributed by atoms with Crippen LogP contribution in [0.5, 0.6) is 0 Å². The van der Waals surface area contributed by atoms with Crippen LogP contribution in [-0.2, 0) is 23.9 Å². The summed E-state index contributed by atoms with van der Waals surface area (Å²) in [4.78, 5) is 94.8. The number of amides is 4. The maximum Gasteiger partial charge on any atom is 0.339 e. The van der Waals surface area contributed by atoms with E-state index in [0.29, 0.717) is 79.9 Å². The molecule has 0 bridgehead atoms. The number of ether oxygens (including phenoxy) is 1. The van der Waals surface area contributed by atoms with Crippen molar-refractivity contribution in [1.82, 2.24) is 0 Å². The van der Waals surface area contributed by atoms with E-state index in [1.165, 1.54) is 45.3 Å². The highest BCUT2D eigenvalue weighted by molar-refractivity contribution is 9.10. The first-order valence-electron chi connectivity index (χ1n) is 28.1. The van der Waals surface area contributed by atoms with Crippen molar-refractivity contribution < 1.29 is 63.5 Å². The number of halogens is 6. The lowest BCUT2D eigenvalue weighted by Crippen LogP contribution is -2.31. The van der Waals surface area contributed by atoms with Crippen LogP contribution in [0.2, 0.25) is 20.1 Å². The number of carbonyl (C=O) groups excluding carboxylic acids is 4. The molecule has 17 nitrogen and oxygen atoms in total. The van der Waals surface area contributed by atoms with E-state index >= 15 is 0 Å². The molecule has 474 valence electrons. The summed E-state index contributed by atoms with van der Waals surface area (Å²) in [5.74, 6) is -4.81. The number of thiophene rings is 4. The third-order valence-electron chi connectivity index (χ3n) is 14.9. The molecule has 8 aromatic rings. The van der Waals surface area contributed by atoms with Crippen LogP contribution in [0.15, 0.2) is 115 Å². The molecule has 8 N–H and O–H groups in total. The van der Waals surface area contributed by atoms with Gasteiger partial charge in [0.1, 0.15) is 42.3 Å². The van der Waals surface area contributed by atoms with E-state index in [-0.39, 0.29) is 75.7 Å². The van der Waals surface area contributed by atoms with Crippen molar-refractivity contribution in [1.29, 1.82) is 0 Å². The Balaban J connectivity index is 0.000000144. The summed E-state index contributed by atoms with van der Waals surface area (Å²) < 4.78 is 7.13. The van der Waals surface area contributed by atoms with Crippen LogP contribution in [0.1, 0.15) is 106 Å². The normalized spacial score (nSPS) is 15.6. The van der Waals surface area contributed by atoms with Crippen LogP contribution in [0, 0.1) is 23.7 Å². The van der Waals surface area contributed by atoms with Crippen LogP contribution < -0.4 is 21.3 Å². The lowest BCUT2D eigenvalue weighted by molar-refractivity contribution is -0.122. The van der Waals surface area contributed by atoms with Gasteiger partial charge in [-0.2, -0.15) is 0 Å². The Morgan fingerprint density at radius 2 is 0.857 bits per heavy atom. The molecule has 27 heteroatoms. The number of benzene rings is 4. The molecule has 91 heavy (non-hydrogen) atoms. The highest BCUT2D eigenvalue weighted by atomic mass is 79.9. The minimum atomic E-state index is -1.10. The standard InChI is InChI=1S/C19H20BrNO4S.C15H12BrNO3S.2C15H11Cl2NO3S/c1-25-14-4-2-3-12(9-14)17(22)21-18-16(19(23)24)15(10-26-18)11-5-7-13(20)8-6-11;16-11-4-2-1-3-9(11)10-7-21-14(12(10)15(19)20)17-13(18)8-5-6-8;16-10-4-3-8(5-11(10)17)9-6-22-14(12(9)15(20)21)18-13(19)7-1-2-7;16-8-3-4-9(11(17)5-8)10-6-22-14(12(10)15(20)21)18-13(19)7-1-2-7/h5-8,10,12,14H,2-4,9H2,1H3,(H,21,22)(H,23,24);1-4,7-8H,5-6H2,(H,17,18)(H,19,20);2*3-7H,1-2H2,(H,18,19)(H,20,21). The Labute approximate surface area is 574 Å². The first-order valence-corrected chi connectivity index (χ1v) is 34.7. The number of rotatable bonds is 17. The number of carboxylic acids is 4. The Kier molecular flexibility index (Phi) is 23.4. The summed E-state index contributed by atoms with van der Waals surface area (Å²) in [6.07, 6.45) is 8.69. The summed E-state index contributed by atoms with van der Waals surface area (Å²) in [7, 11) is 1.66. The van der Waals surface area contributed by atoms with E-state index in [2.05, 4.69) is 53.1 Å². The predicted octanol–water partition coefficient (Wildman–Crippen LogP) is 18.8. The summed E-state index contributed by atoms with van der Waals surface area (Å²) >= 11 is 35.6. The summed E-state index contributed by atoms with van der Waals surface area (Å²) in [5.41, 5.74) is 5.49. The third-order valence-corrected chi connectivity index (χ3v) is 21.0. The molecule has 0 radical (unpaired) electrons. The van der Waals surface area contributed by atoms with Crippen molar-refractivity contribution in [2.24, 2.45) is 23.7 Å². The van der Waals surface area contributed by atoms with Gasteiger partial charge in [-0.05, 0) is 117 Å². The lowest BCUT2D eigenvalue weighted by atomic mass is 9.86. The SMILES string of the molecule is COC1CCCC(C(=O)Nc2scc(-c3ccc(Br)cc3)c2C(=O)O)C1.O=C(O)c1c(-c2ccc(Cl)c(Cl)c2)csc1NC(=O)C1CC1.O=C(O)c1c(-c2ccc(Cl)cc2Cl)csc1NC(=O)C1CC1.O=C(O)c1c(-c2ccccc2Br)csc1NC(=O)C1CC1. The van der Waals surface area contributed by atoms with E-state index in [0.717, 1.165) is 77.9 Å². The van der Waals surface area contributed by atoms with E-state index in [1.807, 2.05) is 48.5 Å². The van der Waals surface area contributed by atoms with Gasteiger partial charge < -0.3 is 46.4 Å². The number of methoxy groups -OCH3 is 1. The van der Waals surface area contributed by atoms with Gasteiger partial charge in [-0.25, -0.2) is 19.2 Å². The summed E-state index contributed by atoms with van der Waals surface area (Å²) in [6.45, 7) is 0. The zero-order chi connectivity index (χ0) is 65.4. The maximum absolute atomic E-state index is 12.6. The minimum absolute atomic E-state index is 0.00585. The van der Waals surface area contributed by atoms with Gasteiger partial charge in [0.15, 0.2) is 0 Å². The molecular formula is C64H54Br2Cl4N4O13S4. The van der Waals surface area contributed by atoms with Crippen molar-refractivity contribution in [3.8, 4) is 44.5 Å². The van der Waals surface area contributed by atoms with Gasteiger partial charge in [0, 0.05) is 99.1 Å². The van der Waals surface area contributed by atoms with E-state index in [9.17, 15) is 58.8 Å². The Morgan fingerprint density at radius 3 is 1.29 bits per heavy atom. The van der Waals surface area contributed by atoms with Gasteiger partial charge in [-0.1, -0.05) is 127 Å². The monoisotopic (exact) mass is 1510 g/mol. The first kappa shape index (κ1) is 68.9. The van der Waals surface area contributed by atoms with Crippen molar-refractivity contribution >= 4 is 191 Å². The zero-order valence-corrected chi connectivity index (χ0v) is 57.2. The average molecular weight is 1520 g/mol. The molecule has 4 amide bonds. The fraction of sp³-hybridized carbons (Fsp3) is 0.250. The molecule has 2 atom stereocenters. The molecule has 0 saturated heterocycles. The Morgan fingerprint density at radius 1 is 0.440 bits per heavy atom. The van der Waals surface area contributed by atoms with Crippen LogP contribution in [0.3, 0.4) is 0 Å². The smallest absolute Gasteiger partial charge is 0.339 e. The second kappa shape index (κ2) is 31.0. The number of carbonyl (C=O) groups is 8. The molecule has 4 aromatic heterocycles. The number of hydrogen-bond donors (Lipinski definition) is 8. The van der Waals surface area contributed by atoms with Gasteiger partial charge in [-0.3, -0.25) is 19.2 Å². The van der Waals surface area contributed by atoms with Crippen molar-refractivity contribution in [2.45, 2.75) is 70.3 Å². The molecule has 0 aliphatic heterocycles. The molecule has 4 aromatic carbocycles. The van der Waals surface area contributed by atoms with Crippen LogP contribution >= 0.6 is 124 Å². The molecule has 12 rings (SSSR count). The fourth-order valence-electron chi connectivity index (χ4n) is 9.64. The van der Waals surface area contributed by atoms with Crippen molar-refractivity contribution in [2.75, 3.05) is 28.4 Å². The third kappa shape index (κ3) is 17.6.